The molecule has 1 aliphatic rings. The minimum Gasteiger partial charge on any atom is -0.478 e. The molecular weight excluding hydrogens is 258 g/mol. The van der Waals surface area contributed by atoms with Crippen LogP contribution in [-0.2, 0) is 4.74 Å². The van der Waals surface area contributed by atoms with Crippen LogP contribution < -0.4 is 5.32 Å². The Morgan fingerprint density at radius 2 is 1.80 bits per heavy atom. The zero-order valence-electron chi connectivity index (χ0n) is 11.6. The maximum atomic E-state index is 12.1. The summed E-state index contributed by atoms with van der Waals surface area (Å²) >= 11 is 0. The van der Waals surface area contributed by atoms with Gasteiger partial charge in [0.25, 0.3) is 5.91 Å². The van der Waals surface area contributed by atoms with E-state index in [2.05, 4.69) is 5.32 Å². The zero-order chi connectivity index (χ0) is 14.7. The van der Waals surface area contributed by atoms with E-state index < -0.39 is 5.97 Å². The van der Waals surface area contributed by atoms with E-state index in [1.54, 1.807) is 7.11 Å². The first-order valence-corrected chi connectivity index (χ1v) is 6.70. The molecular formula is C15H19NO4. The number of carboxylic acids is 1. The molecule has 0 saturated heterocycles. The van der Waals surface area contributed by atoms with E-state index in [0.29, 0.717) is 11.5 Å². The van der Waals surface area contributed by atoms with E-state index in [1.807, 2.05) is 6.92 Å². The number of hydrogen-bond acceptors (Lipinski definition) is 3. The summed E-state index contributed by atoms with van der Waals surface area (Å²) < 4.78 is 5.43. The van der Waals surface area contributed by atoms with Crippen molar-refractivity contribution < 1.29 is 19.4 Å². The van der Waals surface area contributed by atoms with E-state index in [1.165, 1.54) is 24.3 Å². The molecule has 5 heteroatoms. The Morgan fingerprint density at radius 3 is 2.25 bits per heavy atom. The average Bonchev–Trinajstić information content (AvgIpc) is 3.24. The summed E-state index contributed by atoms with van der Waals surface area (Å²) in [4.78, 5) is 22.8. The van der Waals surface area contributed by atoms with Crippen LogP contribution in [0.1, 0.15) is 40.5 Å². The van der Waals surface area contributed by atoms with Crippen molar-refractivity contribution in [1.82, 2.24) is 5.32 Å². The van der Waals surface area contributed by atoms with E-state index >= 15 is 0 Å². The fourth-order valence-electron chi connectivity index (χ4n) is 2.37. The average molecular weight is 277 g/mol. The Hall–Kier alpha value is -1.88. The van der Waals surface area contributed by atoms with Crippen LogP contribution >= 0.6 is 0 Å². The smallest absolute Gasteiger partial charge is 0.335 e. The number of methoxy groups -OCH3 is 1. The van der Waals surface area contributed by atoms with Crippen molar-refractivity contribution in [3.05, 3.63) is 35.4 Å². The maximum Gasteiger partial charge on any atom is 0.335 e. The fourth-order valence-corrected chi connectivity index (χ4v) is 2.37. The lowest BCUT2D eigenvalue weighted by atomic mass is 10.1. The molecule has 0 heterocycles. The number of ether oxygens (including phenoxy) is 1. The lowest BCUT2D eigenvalue weighted by molar-refractivity contribution is 0.0519. The third kappa shape index (κ3) is 3.36. The Kier molecular flexibility index (Phi) is 4.39. The third-order valence-corrected chi connectivity index (χ3v) is 3.60. The van der Waals surface area contributed by atoms with Crippen molar-refractivity contribution in [2.75, 3.05) is 7.11 Å². The largest absolute Gasteiger partial charge is 0.478 e. The molecule has 1 aromatic carbocycles. The molecule has 1 saturated carbocycles. The summed E-state index contributed by atoms with van der Waals surface area (Å²) in [5, 5.41) is 11.7. The predicted octanol–water partition coefficient (Wildman–Crippen LogP) is 1.93. The van der Waals surface area contributed by atoms with Crippen LogP contribution in [0.3, 0.4) is 0 Å². The highest BCUT2D eigenvalue weighted by atomic mass is 16.5. The highest BCUT2D eigenvalue weighted by Gasteiger charge is 2.35. The van der Waals surface area contributed by atoms with Crippen molar-refractivity contribution in [3.63, 3.8) is 0 Å². The molecule has 5 nitrogen and oxygen atoms in total. The number of carboxylic acid groups (broad SMARTS) is 1. The molecule has 0 aromatic heterocycles. The minimum absolute atomic E-state index is 0.0391. The van der Waals surface area contributed by atoms with Crippen LogP contribution in [0.2, 0.25) is 0 Å². The van der Waals surface area contributed by atoms with E-state index in [9.17, 15) is 9.59 Å². The molecule has 108 valence electrons. The van der Waals surface area contributed by atoms with Crippen molar-refractivity contribution in [2.24, 2.45) is 5.92 Å². The molecule has 2 unspecified atom stereocenters. The third-order valence-electron chi connectivity index (χ3n) is 3.60. The molecule has 2 rings (SSSR count). The zero-order valence-corrected chi connectivity index (χ0v) is 11.6. The lowest BCUT2D eigenvalue weighted by Crippen LogP contribution is -2.43. The summed E-state index contributed by atoms with van der Waals surface area (Å²) in [7, 11) is 1.66. The van der Waals surface area contributed by atoms with Crippen molar-refractivity contribution >= 4 is 11.9 Å². The number of benzene rings is 1. The normalized spacial score (nSPS) is 17.3. The number of carbonyl (C=O) groups is 2. The van der Waals surface area contributed by atoms with Gasteiger partial charge in [0.1, 0.15) is 0 Å². The minimum atomic E-state index is -1.00. The van der Waals surface area contributed by atoms with Gasteiger partial charge in [0, 0.05) is 12.7 Å². The fraction of sp³-hybridized carbons (Fsp3) is 0.467. The Labute approximate surface area is 117 Å². The number of nitrogens with one attached hydrogen (secondary N) is 1. The SMILES string of the molecule is COC(C1CC1)C(C)NC(=O)c1ccc(C(=O)O)cc1. The van der Waals surface area contributed by atoms with Gasteiger partial charge in [-0.05, 0) is 49.9 Å². The van der Waals surface area contributed by atoms with Crippen LogP contribution in [0.5, 0.6) is 0 Å². The summed E-state index contributed by atoms with van der Waals surface area (Å²) in [5.41, 5.74) is 0.620. The molecule has 1 fully saturated rings. The van der Waals surface area contributed by atoms with E-state index in [4.69, 9.17) is 9.84 Å². The summed E-state index contributed by atoms with van der Waals surface area (Å²) in [6.07, 6.45) is 2.33. The highest BCUT2D eigenvalue weighted by molar-refractivity contribution is 5.96. The van der Waals surface area contributed by atoms with Crippen LogP contribution in [0.4, 0.5) is 0 Å². The highest BCUT2D eigenvalue weighted by Crippen LogP contribution is 2.35. The van der Waals surface area contributed by atoms with Crippen molar-refractivity contribution in [3.8, 4) is 0 Å². The van der Waals surface area contributed by atoms with Gasteiger partial charge in [0.05, 0.1) is 17.7 Å². The molecule has 20 heavy (non-hydrogen) atoms. The first-order chi connectivity index (χ1) is 9.52. The molecule has 0 radical (unpaired) electrons. The van der Waals surface area contributed by atoms with Gasteiger partial charge in [-0.1, -0.05) is 0 Å². The van der Waals surface area contributed by atoms with Crippen molar-refractivity contribution in [2.45, 2.75) is 31.9 Å². The lowest BCUT2D eigenvalue weighted by Gasteiger charge is -2.23. The van der Waals surface area contributed by atoms with Crippen LogP contribution in [0.15, 0.2) is 24.3 Å². The van der Waals surface area contributed by atoms with Gasteiger partial charge in [0.2, 0.25) is 0 Å². The number of rotatable bonds is 6. The van der Waals surface area contributed by atoms with Gasteiger partial charge in [-0.2, -0.15) is 0 Å². The topological polar surface area (TPSA) is 75.6 Å². The molecule has 2 N–H and O–H groups in total. The first-order valence-electron chi connectivity index (χ1n) is 6.70. The van der Waals surface area contributed by atoms with Gasteiger partial charge >= 0.3 is 5.97 Å². The van der Waals surface area contributed by atoms with Gasteiger partial charge in [0.15, 0.2) is 0 Å². The Bertz CT molecular complexity index is 493. The number of hydrogen-bond donors (Lipinski definition) is 2. The number of carbonyl (C=O) groups excluding carboxylic acids is 1. The van der Waals surface area contributed by atoms with Crippen LogP contribution in [-0.4, -0.2) is 36.2 Å². The Morgan fingerprint density at radius 1 is 1.25 bits per heavy atom. The molecule has 0 aliphatic heterocycles. The molecule has 1 amide bonds. The molecule has 0 spiro atoms. The van der Waals surface area contributed by atoms with Gasteiger partial charge in [-0.25, -0.2) is 4.79 Å². The second kappa shape index (κ2) is 6.05. The molecule has 2 atom stereocenters. The monoisotopic (exact) mass is 277 g/mol. The Balaban J connectivity index is 1.98. The van der Waals surface area contributed by atoms with Crippen LogP contribution in [0, 0.1) is 5.92 Å². The van der Waals surface area contributed by atoms with Crippen molar-refractivity contribution in [1.29, 1.82) is 0 Å². The summed E-state index contributed by atoms with van der Waals surface area (Å²) in [5.74, 6) is -0.680. The second-order valence-electron chi connectivity index (χ2n) is 5.18. The van der Waals surface area contributed by atoms with Gasteiger partial charge in [-0.15, -0.1) is 0 Å². The number of aromatic carboxylic acids is 1. The maximum absolute atomic E-state index is 12.1. The van der Waals surface area contributed by atoms with Gasteiger partial charge in [-0.3, -0.25) is 4.79 Å². The molecule has 1 aromatic rings. The molecule has 0 bridgehead atoms. The van der Waals surface area contributed by atoms with Gasteiger partial charge < -0.3 is 15.2 Å². The predicted molar refractivity (Wildman–Crippen MR) is 73.9 cm³/mol. The summed E-state index contributed by atoms with van der Waals surface area (Å²) in [6.45, 7) is 1.93. The standard InChI is InChI=1S/C15H19NO4/c1-9(13(20-2)10-3-4-10)16-14(17)11-5-7-12(8-6-11)15(18)19/h5-10,13H,3-4H2,1-2H3,(H,16,17)(H,18,19). The van der Waals surface area contributed by atoms with E-state index in [-0.39, 0.29) is 23.6 Å². The number of amides is 1. The quantitative estimate of drug-likeness (QED) is 0.833. The van der Waals surface area contributed by atoms with Crippen LogP contribution in [0.25, 0.3) is 0 Å². The first kappa shape index (κ1) is 14.5. The summed E-state index contributed by atoms with van der Waals surface area (Å²) in [6, 6.07) is 5.82. The second-order valence-corrected chi connectivity index (χ2v) is 5.18. The van der Waals surface area contributed by atoms with E-state index in [0.717, 1.165) is 12.8 Å². The molecule has 1 aliphatic carbocycles.